The van der Waals surface area contributed by atoms with Gasteiger partial charge in [0.1, 0.15) is 6.61 Å². The van der Waals surface area contributed by atoms with Crippen molar-refractivity contribution < 1.29 is 19.1 Å². The third-order valence-corrected chi connectivity index (χ3v) is 6.14. The van der Waals surface area contributed by atoms with E-state index in [-0.39, 0.29) is 17.9 Å². The van der Waals surface area contributed by atoms with Crippen LogP contribution in [0, 0.1) is 11.3 Å². The van der Waals surface area contributed by atoms with Gasteiger partial charge in [-0.15, -0.1) is 0 Å². The maximum Gasteiger partial charge on any atom is 0.311 e. The summed E-state index contributed by atoms with van der Waals surface area (Å²) < 4.78 is 10.6. The highest BCUT2D eigenvalue weighted by Crippen LogP contribution is 2.31. The summed E-state index contributed by atoms with van der Waals surface area (Å²) in [6.07, 6.45) is 4.89. The zero-order chi connectivity index (χ0) is 23.9. The average molecular weight is 444 g/mol. The molecule has 0 saturated carbocycles. The van der Waals surface area contributed by atoms with Crippen LogP contribution in [0.1, 0.15) is 59.3 Å². The van der Waals surface area contributed by atoms with Gasteiger partial charge in [0, 0.05) is 6.54 Å². The molecule has 31 heavy (non-hydrogen) atoms. The molecule has 0 aliphatic rings. The third-order valence-electron chi connectivity index (χ3n) is 6.14. The molecule has 0 fully saturated rings. The van der Waals surface area contributed by atoms with Crippen LogP contribution in [-0.4, -0.2) is 101 Å². The van der Waals surface area contributed by atoms with Crippen LogP contribution in [0.15, 0.2) is 0 Å². The minimum absolute atomic E-state index is 0.146. The first-order chi connectivity index (χ1) is 14.6. The second-order valence-corrected chi connectivity index (χ2v) is 9.37. The molecule has 0 spiro atoms. The van der Waals surface area contributed by atoms with E-state index in [0.717, 1.165) is 52.0 Å². The Bertz CT molecular complexity index is 485. The van der Waals surface area contributed by atoms with Crippen LogP contribution in [0.3, 0.4) is 0 Å². The lowest BCUT2D eigenvalue weighted by Gasteiger charge is -2.27. The van der Waals surface area contributed by atoms with Gasteiger partial charge in [-0.25, -0.2) is 0 Å². The summed E-state index contributed by atoms with van der Waals surface area (Å²) in [6.45, 7) is 11.2. The standard InChI is InChI=1S/C24H49N3O4/c1-9-21(13-14-24(3,10-2)23(29)30-8)22(28)31-20-19-27(17-11-15-25(4)5)18-12-16-26(6)7/h21H,9-20H2,1-8H3. The molecule has 0 bridgehead atoms. The van der Waals surface area contributed by atoms with E-state index in [9.17, 15) is 9.59 Å². The number of nitrogens with zero attached hydrogens (tertiary/aromatic N) is 3. The largest absolute Gasteiger partial charge is 0.469 e. The lowest BCUT2D eigenvalue weighted by atomic mass is 9.80. The number of esters is 2. The van der Waals surface area contributed by atoms with Crippen LogP contribution in [0.4, 0.5) is 0 Å². The number of carbonyl (C=O) groups excluding carboxylic acids is 2. The predicted molar refractivity (Wildman–Crippen MR) is 127 cm³/mol. The minimum Gasteiger partial charge on any atom is -0.469 e. The van der Waals surface area contributed by atoms with Crippen LogP contribution >= 0.6 is 0 Å². The Kier molecular flexibility index (Phi) is 15.8. The Balaban J connectivity index is 4.59. The molecule has 2 atom stereocenters. The molecular formula is C24H49N3O4. The molecule has 0 aromatic rings. The topological polar surface area (TPSA) is 62.3 Å². The van der Waals surface area contributed by atoms with Gasteiger partial charge in [0.05, 0.1) is 18.4 Å². The first-order valence-corrected chi connectivity index (χ1v) is 11.9. The highest BCUT2D eigenvalue weighted by molar-refractivity contribution is 5.76. The van der Waals surface area contributed by atoms with Crippen LogP contribution in [-0.2, 0) is 19.1 Å². The Morgan fingerprint density at radius 2 is 1.45 bits per heavy atom. The number of ether oxygens (including phenoxy) is 2. The van der Waals surface area contributed by atoms with Crippen molar-refractivity contribution in [3.05, 3.63) is 0 Å². The summed E-state index contributed by atoms with van der Waals surface area (Å²) in [5.41, 5.74) is -0.544. The Morgan fingerprint density at radius 1 is 0.903 bits per heavy atom. The highest BCUT2D eigenvalue weighted by atomic mass is 16.5. The smallest absolute Gasteiger partial charge is 0.311 e. The SMILES string of the molecule is CCC(CCC(C)(CC)C(=O)OC)C(=O)OCCN(CCCN(C)C)CCCN(C)C. The van der Waals surface area contributed by atoms with E-state index in [0.29, 0.717) is 25.9 Å². The van der Waals surface area contributed by atoms with Crippen molar-refractivity contribution in [1.29, 1.82) is 0 Å². The second-order valence-electron chi connectivity index (χ2n) is 9.37. The molecular weight excluding hydrogens is 394 g/mol. The molecule has 0 amide bonds. The molecule has 2 unspecified atom stereocenters. The summed E-state index contributed by atoms with van der Waals surface area (Å²) >= 11 is 0. The van der Waals surface area contributed by atoms with Crippen molar-refractivity contribution in [2.75, 3.05) is 74.6 Å². The van der Waals surface area contributed by atoms with E-state index in [1.807, 2.05) is 20.8 Å². The van der Waals surface area contributed by atoms with Crippen LogP contribution in [0.5, 0.6) is 0 Å². The van der Waals surface area contributed by atoms with Crippen molar-refractivity contribution in [3.63, 3.8) is 0 Å². The van der Waals surface area contributed by atoms with Gasteiger partial charge in [-0.3, -0.25) is 14.5 Å². The normalized spacial score (nSPS) is 14.7. The minimum atomic E-state index is -0.544. The van der Waals surface area contributed by atoms with E-state index >= 15 is 0 Å². The number of methoxy groups -OCH3 is 1. The van der Waals surface area contributed by atoms with Crippen molar-refractivity contribution >= 4 is 11.9 Å². The molecule has 0 saturated heterocycles. The monoisotopic (exact) mass is 443 g/mol. The van der Waals surface area contributed by atoms with E-state index in [1.54, 1.807) is 0 Å². The maximum absolute atomic E-state index is 12.6. The number of rotatable bonds is 18. The van der Waals surface area contributed by atoms with E-state index in [4.69, 9.17) is 9.47 Å². The molecule has 0 rings (SSSR count). The molecule has 0 aromatic heterocycles. The average Bonchev–Trinajstić information content (AvgIpc) is 2.72. The summed E-state index contributed by atoms with van der Waals surface area (Å²) in [5, 5.41) is 0. The van der Waals surface area contributed by atoms with Crippen molar-refractivity contribution in [2.24, 2.45) is 11.3 Å². The molecule has 0 radical (unpaired) electrons. The fourth-order valence-corrected chi connectivity index (χ4v) is 3.60. The van der Waals surface area contributed by atoms with Crippen LogP contribution < -0.4 is 0 Å². The van der Waals surface area contributed by atoms with Gasteiger partial charge >= 0.3 is 11.9 Å². The van der Waals surface area contributed by atoms with Gasteiger partial charge in [-0.2, -0.15) is 0 Å². The Morgan fingerprint density at radius 3 is 1.87 bits per heavy atom. The van der Waals surface area contributed by atoms with Crippen LogP contribution in [0.25, 0.3) is 0 Å². The first kappa shape index (κ1) is 29.8. The quantitative estimate of drug-likeness (QED) is 0.302. The molecule has 0 heterocycles. The first-order valence-electron chi connectivity index (χ1n) is 11.9. The zero-order valence-corrected chi connectivity index (χ0v) is 21.5. The Hall–Kier alpha value is -1.18. The van der Waals surface area contributed by atoms with E-state index in [2.05, 4.69) is 42.9 Å². The fourth-order valence-electron chi connectivity index (χ4n) is 3.60. The Labute approximate surface area is 191 Å². The molecule has 184 valence electrons. The fraction of sp³-hybridized carbons (Fsp3) is 0.917. The van der Waals surface area contributed by atoms with Gasteiger partial charge in [-0.1, -0.05) is 13.8 Å². The molecule has 0 N–H and O–H groups in total. The summed E-state index contributed by atoms with van der Waals surface area (Å²) in [5.74, 6) is -0.525. The second kappa shape index (κ2) is 16.5. The molecule has 7 heteroatoms. The molecule has 7 nitrogen and oxygen atoms in total. The van der Waals surface area contributed by atoms with Gasteiger partial charge in [-0.05, 0) is 99.8 Å². The van der Waals surface area contributed by atoms with Gasteiger partial charge in [0.15, 0.2) is 0 Å². The lowest BCUT2D eigenvalue weighted by Crippen LogP contribution is -2.34. The third kappa shape index (κ3) is 13.1. The van der Waals surface area contributed by atoms with Crippen molar-refractivity contribution in [3.8, 4) is 0 Å². The van der Waals surface area contributed by atoms with Crippen LogP contribution in [0.2, 0.25) is 0 Å². The molecule has 0 aromatic carbocycles. The van der Waals surface area contributed by atoms with Gasteiger partial charge in [0.2, 0.25) is 0 Å². The highest BCUT2D eigenvalue weighted by Gasteiger charge is 2.34. The van der Waals surface area contributed by atoms with Crippen molar-refractivity contribution in [2.45, 2.75) is 59.3 Å². The summed E-state index contributed by atoms with van der Waals surface area (Å²) in [4.78, 5) is 31.5. The van der Waals surface area contributed by atoms with Gasteiger partial charge in [0.25, 0.3) is 0 Å². The summed E-state index contributed by atoms with van der Waals surface area (Å²) in [6, 6.07) is 0. The van der Waals surface area contributed by atoms with Crippen molar-refractivity contribution in [1.82, 2.24) is 14.7 Å². The maximum atomic E-state index is 12.6. The zero-order valence-electron chi connectivity index (χ0n) is 21.5. The predicted octanol–water partition coefficient (Wildman–Crippen LogP) is 3.13. The lowest BCUT2D eigenvalue weighted by molar-refractivity contribution is -0.155. The summed E-state index contributed by atoms with van der Waals surface area (Å²) in [7, 11) is 9.78. The van der Waals surface area contributed by atoms with E-state index < -0.39 is 5.41 Å². The number of hydrogen-bond acceptors (Lipinski definition) is 7. The number of hydrogen-bond donors (Lipinski definition) is 0. The molecule has 0 aliphatic heterocycles. The van der Waals surface area contributed by atoms with E-state index in [1.165, 1.54) is 7.11 Å². The number of carbonyl (C=O) groups is 2. The van der Waals surface area contributed by atoms with Gasteiger partial charge < -0.3 is 19.3 Å². The molecule has 0 aliphatic carbocycles.